The molecule has 2 aliphatic rings. The average molecular weight is 196 g/mol. The maximum absolute atomic E-state index is 5.89. The van der Waals surface area contributed by atoms with Crippen molar-refractivity contribution < 1.29 is 4.74 Å². The number of hydrogen-bond donors (Lipinski definition) is 0. The first-order chi connectivity index (χ1) is 6.90. The van der Waals surface area contributed by atoms with E-state index < -0.39 is 0 Å². The van der Waals surface area contributed by atoms with Crippen LogP contribution in [-0.4, -0.2) is 30.7 Å². The molecule has 2 nitrogen and oxygen atoms in total. The van der Waals surface area contributed by atoms with Gasteiger partial charge in [-0.1, -0.05) is 19.3 Å². The molecule has 2 fully saturated rings. The summed E-state index contributed by atoms with van der Waals surface area (Å²) in [5.41, 5.74) is 0. The lowest BCUT2D eigenvalue weighted by Crippen LogP contribution is -2.44. The molecule has 0 spiro atoms. The SMILES string of the molecule is C[CH]N1CCOC(C2CCCCC2)C1. The Morgan fingerprint density at radius 3 is 2.71 bits per heavy atom. The van der Waals surface area contributed by atoms with Crippen molar-refractivity contribution >= 4 is 0 Å². The summed E-state index contributed by atoms with van der Waals surface area (Å²) in [7, 11) is 0. The van der Waals surface area contributed by atoms with Crippen molar-refractivity contribution in [1.29, 1.82) is 0 Å². The Hall–Kier alpha value is -0.0800. The first kappa shape index (κ1) is 10.4. The van der Waals surface area contributed by atoms with E-state index in [1.54, 1.807) is 0 Å². The first-order valence-corrected chi connectivity index (χ1v) is 6.05. The van der Waals surface area contributed by atoms with Crippen LogP contribution in [0.1, 0.15) is 39.0 Å². The summed E-state index contributed by atoms with van der Waals surface area (Å²) in [4.78, 5) is 2.41. The predicted octanol–water partition coefficient (Wildman–Crippen LogP) is 2.45. The van der Waals surface area contributed by atoms with Gasteiger partial charge in [-0.25, -0.2) is 0 Å². The molecule has 0 aromatic heterocycles. The molecule has 0 amide bonds. The Morgan fingerprint density at radius 2 is 2.00 bits per heavy atom. The van der Waals surface area contributed by atoms with Gasteiger partial charge >= 0.3 is 0 Å². The normalized spacial score (nSPS) is 31.9. The van der Waals surface area contributed by atoms with Gasteiger partial charge in [0.05, 0.1) is 12.7 Å². The largest absolute Gasteiger partial charge is 0.375 e. The summed E-state index contributed by atoms with van der Waals surface area (Å²) in [6, 6.07) is 0. The van der Waals surface area contributed by atoms with E-state index in [0.717, 1.165) is 25.6 Å². The molecule has 0 bridgehead atoms. The second-order valence-corrected chi connectivity index (χ2v) is 4.56. The van der Waals surface area contributed by atoms with Gasteiger partial charge in [0.15, 0.2) is 0 Å². The summed E-state index contributed by atoms with van der Waals surface area (Å²) >= 11 is 0. The van der Waals surface area contributed by atoms with Crippen molar-refractivity contribution in [2.75, 3.05) is 19.7 Å². The molecule has 2 heteroatoms. The van der Waals surface area contributed by atoms with Crippen LogP contribution in [0.2, 0.25) is 0 Å². The Kier molecular flexibility index (Phi) is 3.82. The van der Waals surface area contributed by atoms with E-state index in [1.165, 1.54) is 32.1 Å². The molecule has 81 valence electrons. The molecule has 0 aromatic carbocycles. The van der Waals surface area contributed by atoms with Crippen molar-refractivity contribution in [3.8, 4) is 0 Å². The topological polar surface area (TPSA) is 12.5 Å². The van der Waals surface area contributed by atoms with Gasteiger partial charge < -0.3 is 4.74 Å². The minimum absolute atomic E-state index is 0.514. The highest BCUT2D eigenvalue weighted by molar-refractivity contribution is 4.81. The molecular weight excluding hydrogens is 174 g/mol. The zero-order valence-electron chi connectivity index (χ0n) is 9.24. The van der Waals surface area contributed by atoms with Gasteiger partial charge in [-0.2, -0.15) is 0 Å². The standard InChI is InChI=1S/C12H22NO/c1-2-13-8-9-14-12(10-13)11-6-4-3-5-7-11/h2,11-12H,3-10H2,1H3. The zero-order valence-corrected chi connectivity index (χ0v) is 9.24. The lowest BCUT2D eigenvalue weighted by atomic mass is 9.84. The third kappa shape index (κ3) is 2.48. The molecule has 1 radical (unpaired) electrons. The molecule has 2 rings (SSSR count). The van der Waals surface area contributed by atoms with Crippen LogP contribution in [0, 0.1) is 12.5 Å². The van der Waals surface area contributed by atoms with Crippen LogP contribution >= 0.6 is 0 Å². The minimum atomic E-state index is 0.514. The van der Waals surface area contributed by atoms with Crippen LogP contribution in [0.4, 0.5) is 0 Å². The summed E-state index contributed by atoms with van der Waals surface area (Å²) in [6.45, 7) is 7.47. The highest BCUT2D eigenvalue weighted by atomic mass is 16.5. The number of morpholine rings is 1. The van der Waals surface area contributed by atoms with Crippen molar-refractivity contribution in [3.05, 3.63) is 6.54 Å². The van der Waals surface area contributed by atoms with Gasteiger partial charge in [0.1, 0.15) is 0 Å². The molecule has 1 heterocycles. The molecule has 0 N–H and O–H groups in total. The van der Waals surface area contributed by atoms with E-state index in [1.807, 2.05) is 0 Å². The van der Waals surface area contributed by atoms with Gasteiger partial charge in [0.25, 0.3) is 0 Å². The monoisotopic (exact) mass is 196 g/mol. The lowest BCUT2D eigenvalue weighted by molar-refractivity contribution is -0.0565. The van der Waals surface area contributed by atoms with Crippen LogP contribution < -0.4 is 0 Å². The average Bonchev–Trinajstić information content (AvgIpc) is 2.30. The van der Waals surface area contributed by atoms with E-state index in [2.05, 4.69) is 18.4 Å². The van der Waals surface area contributed by atoms with Gasteiger partial charge in [-0.15, -0.1) is 0 Å². The Bertz CT molecular complexity index is 166. The fourth-order valence-electron chi connectivity index (χ4n) is 2.72. The highest BCUT2D eigenvalue weighted by Crippen LogP contribution is 2.29. The molecule has 1 aliphatic heterocycles. The van der Waals surface area contributed by atoms with Crippen molar-refractivity contribution in [3.63, 3.8) is 0 Å². The van der Waals surface area contributed by atoms with Crippen LogP contribution in [0.15, 0.2) is 0 Å². The molecule has 1 atom stereocenters. The second-order valence-electron chi connectivity index (χ2n) is 4.56. The fraction of sp³-hybridized carbons (Fsp3) is 0.917. The molecule has 1 saturated heterocycles. The molecule has 1 unspecified atom stereocenters. The lowest BCUT2D eigenvalue weighted by Gasteiger charge is -2.37. The summed E-state index contributed by atoms with van der Waals surface area (Å²) in [5, 5.41) is 0. The van der Waals surface area contributed by atoms with Gasteiger partial charge in [0.2, 0.25) is 0 Å². The number of ether oxygens (including phenoxy) is 1. The molecular formula is C12H22NO. The van der Waals surface area contributed by atoms with E-state index in [9.17, 15) is 0 Å². The Balaban J connectivity index is 1.83. The van der Waals surface area contributed by atoms with Crippen molar-refractivity contribution in [2.24, 2.45) is 5.92 Å². The predicted molar refractivity (Wildman–Crippen MR) is 57.9 cm³/mol. The summed E-state index contributed by atoms with van der Waals surface area (Å²) < 4.78 is 5.89. The first-order valence-electron chi connectivity index (χ1n) is 6.05. The minimum Gasteiger partial charge on any atom is -0.375 e. The molecule has 1 aliphatic carbocycles. The third-order valence-corrected chi connectivity index (χ3v) is 3.67. The van der Waals surface area contributed by atoms with E-state index >= 15 is 0 Å². The highest BCUT2D eigenvalue weighted by Gasteiger charge is 2.28. The summed E-state index contributed by atoms with van der Waals surface area (Å²) in [5.74, 6) is 0.839. The summed E-state index contributed by atoms with van der Waals surface area (Å²) in [6.07, 6.45) is 7.57. The molecule has 14 heavy (non-hydrogen) atoms. The van der Waals surface area contributed by atoms with Crippen LogP contribution in [-0.2, 0) is 4.74 Å². The third-order valence-electron chi connectivity index (χ3n) is 3.67. The van der Waals surface area contributed by atoms with Crippen LogP contribution in [0.3, 0.4) is 0 Å². The van der Waals surface area contributed by atoms with Crippen LogP contribution in [0.25, 0.3) is 0 Å². The second kappa shape index (κ2) is 5.13. The number of nitrogens with zero attached hydrogens (tertiary/aromatic N) is 1. The maximum Gasteiger partial charge on any atom is 0.0730 e. The fourth-order valence-corrected chi connectivity index (χ4v) is 2.72. The smallest absolute Gasteiger partial charge is 0.0730 e. The van der Waals surface area contributed by atoms with Crippen molar-refractivity contribution in [2.45, 2.75) is 45.1 Å². The van der Waals surface area contributed by atoms with Gasteiger partial charge in [-0.3, -0.25) is 4.90 Å². The maximum atomic E-state index is 5.89. The van der Waals surface area contributed by atoms with E-state index in [-0.39, 0.29) is 0 Å². The van der Waals surface area contributed by atoms with Gasteiger partial charge in [0, 0.05) is 19.6 Å². The van der Waals surface area contributed by atoms with Gasteiger partial charge in [-0.05, 0) is 25.7 Å². The Labute approximate surface area is 87.6 Å². The van der Waals surface area contributed by atoms with Crippen molar-refractivity contribution in [1.82, 2.24) is 4.90 Å². The number of hydrogen-bond acceptors (Lipinski definition) is 2. The zero-order chi connectivity index (χ0) is 9.80. The quantitative estimate of drug-likeness (QED) is 0.672. The van der Waals surface area contributed by atoms with Crippen LogP contribution in [0.5, 0.6) is 0 Å². The number of rotatable bonds is 2. The van der Waals surface area contributed by atoms with E-state index in [4.69, 9.17) is 4.74 Å². The Morgan fingerprint density at radius 1 is 1.21 bits per heavy atom. The molecule has 1 saturated carbocycles. The molecule has 0 aromatic rings. The van der Waals surface area contributed by atoms with E-state index in [0.29, 0.717) is 6.10 Å².